The Kier molecular flexibility index (Phi) is 5.40. The minimum atomic E-state index is 0.444. The van der Waals surface area contributed by atoms with Crippen molar-refractivity contribution in [1.29, 1.82) is 0 Å². The predicted octanol–water partition coefficient (Wildman–Crippen LogP) is 3.53. The molecule has 0 radical (unpaired) electrons. The van der Waals surface area contributed by atoms with Gasteiger partial charge >= 0.3 is 0 Å². The van der Waals surface area contributed by atoms with Crippen LogP contribution in [0.3, 0.4) is 0 Å². The van der Waals surface area contributed by atoms with Crippen molar-refractivity contribution in [3.63, 3.8) is 0 Å². The Hall–Kier alpha value is -2.27. The Morgan fingerprint density at radius 3 is 2.57 bits per heavy atom. The second-order valence-electron chi connectivity index (χ2n) is 4.86. The Morgan fingerprint density at radius 1 is 1.19 bits per heavy atom. The molecule has 5 heteroatoms. The Labute approximate surface area is 130 Å². The zero-order chi connectivity index (χ0) is 15.1. The van der Waals surface area contributed by atoms with Gasteiger partial charge in [-0.2, -0.15) is 5.10 Å². The third kappa shape index (κ3) is 4.96. The molecule has 1 aromatic carbocycles. The van der Waals surface area contributed by atoms with Gasteiger partial charge in [0.25, 0.3) is 0 Å². The quantitative estimate of drug-likeness (QED) is 0.515. The molecular weight excluding hydrogens is 280 g/mol. The lowest BCUT2D eigenvalue weighted by Crippen LogP contribution is -2.23. The van der Waals surface area contributed by atoms with Gasteiger partial charge in [0, 0.05) is 11.9 Å². The third-order valence-corrected chi connectivity index (χ3v) is 3.08. The molecule has 108 valence electrons. The Morgan fingerprint density at radius 2 is 1.95 bits per heavy atom. The molecule has 0 aliphatic heterocycles. The van der Waals surface area contributed by atoms with Gasteiger partial charge in [0.05, 0.1) is 11.9 Å². The van der Waals surface area contributed by atoms with Gasteiger partial charge in [-0.3, -0.25) is 10.4 Å². The van der Waals surface area contributed by atoms with Crippen LogP contribution in [0, 0.1) is 0 Å². The molecule has 2 rings (SSSR count). The summed E-state index contributed by atoms with van der Waals surface area (Å²) in [6.07, 6.45) is 3.34. The smallest absolute Gasteiger partial charge is 0.191 e. The maximum Gasteiger partial charge on any atom is 0.191 e. The average molecular weight is 298 g/mol. The molecule has 4 nitrogen and oxygen atoms in total. The molecule has 21 heavy (non-hydrogen) atoms. The molecule has 0 saturated carbocycles. The number of nitrogens with one attached hydrogen (secondary N) is 2. The lowest BCUT2D eigenvalue weighted by atomic mass is 10.0. The fourth-order valence-corrected chi connectivity index (χ4v) is 1.89. The van der Waals surface area contributed by atoms with E-state index >= 15 is 0 Å². The Bertz CT molecular complexity index is 606. The van der Waals surface area contributed by atoms with E-state index in [0.717, 1.165) is 11.4 Å². The van der Waals surface area contributed by atoms with Crippen LogP contribution in [-0.2, 0) is 0 Å². The first-order chi connectivity index (χ1) is 10.1. The minimum absolute atomic E-state index is 0.444. The largest absolute Gasteiger partial charge is 0.331 e. The number of thiocarbonyl (C=S) groups is 1. The van der Waals surface area contributed by atoms with E-state index in [4.69, 9.17) is 12.2 Å². The van der Waals surface area contributed by atoms with E-state index in [9.17, 15) is 0 Å². The topological polar surface area (TPSA) is 49.3 Å². The number of benzene rings is 1. The number of nitrogens with zero attached hydrogens (tertiary/aromatic N) is 2. The van der Waals surface area contributed by atoms with Gasteiger partial charge in [0.1, 0.15) is 0 Å². The monoisotopic (exact) mass is 298 g/mol. The summed E-state index contributed by atoms with van der Waals surface area (Å²) in [5.41, 5.74) is 5.77. The van der Waals surface area contributed by atoms with Crippen LogP contribution in [-0.4, -0.2) is 16.3 Å². The number of rotatable bonds is 4. The summed E-state index contributed by atoms with van der Waals surface area (Å²) >= 11 is 5.18. The fourth-order valence-electron chi connectivity index (χ4n) is 1.72. The SMILES string of the molecule is CC(C)c1ccc(NC(=S)N/N=C/c2ccccn2)cc1. The number of hydrazone groups is 1. The molecule has 0 atom stereocenters. The molecular formula is C16H18N4S. The van der Waals surface area contributed by atoms with Gasteiger partial charge in [0.2, 0.25) is 0 Å². The van der Waals surface area contributed by atoms with E-state index < -0.39 is 0 Å². The molecule has 0 saturated heterocycles. The standard InChI is InChI=1S/C16H18N4S/c1-12(2)13-6-8-14(9-7-13)19-16(21)20-18-11-15-5-3-4-10-17-15/h3-12H,1-2H3,(H2,19,20,21)/b18-11+. The molecule has 1 aromatic heterocycles. The van der Waals surface area contributed by atoms with Crippen LogP contribution in [0.2, 0.25) is 0 Å². The van der Waals surface area contributed by atoms with E-state index in [1.165, 1.54) is 5.56 Å². The maximum atomic E-state index is 5.18. The minimum Gasteiger partial charge on any atom is -0.331 e. The maximum absolute atomic E-state index is 5.18. The molecule has 0 bridgehead atoms. The molecule has 0 fully saturated rings. The highest BCUT2D eigenvalue weighted by Crippen LogP contribution is 2.16. The average Bonchev–Trinajstić information content (AvgIpc) is 2.49. The van der Waals surface area contributed by atoms with Crippen molar-refractivity contribution in [3.8, 4) is 0 Å². The molecule has 0 amide bonds. The fraction of sp³-hybridized carbons (Fsp3) is 0.188. The number of hydrogen-bond acceptors (Lipinski definition) is 3. The van der Waals surface area contributed by atoms with Gasteiger partial charge in [0.15, 0.2) is 5.11 Å². The lowest BCUT2D eigenvalue weighted by molar-refractivity contribution is 0.867. The van der Waals surface area contributed by atoms with Crippen molar-refractivity contribution >= 4 is 29.2 Å². The van der Waals surface area contributed by atoms with Crippen molar-refractivity contribution in [3.05, 3.63) is 59.9 Å². The van der Waals surface area contributed by atoms with E-state index in [0.29, 0.717) is 11.0 Å². The van der Waals surface area contributed by atoms with Crippen LogP contribution in [0.4, 0.5) is 5.69 Å². The summed E-state index contributed by atoms with van der Waals surface area (Å²) in [5, 5.41) is 7.57. The van der Waals surface area contributed by atoms with Crippen LogP contribution in [0.5, 0.6) is 0 Å². The number of anilines is 1. The molecule has 0 unspecified atom stereocenters. The number of hydrogen-bond donors (Lipinski definition) is 2. The number of aromatic nitrogens is 1. The molecule has 0 aliphatic rings. The van der Waals surface area contributed by atoms with Crippen molar-refractivity contribution in [2.24, 2.45) is 5.10 Å². The summed E-state index contributed by atoms with van der Waals surface area (Å²) in [5.74, 6) is 0.520. The molecule has 2 aromatic rings. The summed E-state index contributed by atoms with van der Waals surface area (Å²) in [4.78, 5) is 4.13. The van der Waals surface area contributed by atoms with Crippen molar-refractivity contribution in [2.45, 2.75) is 19.8 Å². The predicted molar refractivity (Wildman–Crippen MR) is 91.7 cm³/mol. The molecule has 1 heterocycles. The van der Waals surface area contributed by atoms with Gasteiger partial charge < -0.3 is 5.32 Å². The highest BCUT2D eigenvalue weighted by Gasteiger charge is 2.00. The van der Waals surface area contributed by atoms with Crippen LogP contribution in [0.25, 0.3) is 0 Å². The van der Waals surface area contributed by atoms with Crippen molar-refractivity contribution < 1.29 is 0 Å². The van der Waals surface area contributed by atoms with E-state index in [1.54, 1.807) is 12.4 Å². The normalized spacial score (nSPS) is 10.8. The zero-order valence-corrected chi connectivity index (χ0v) is 12.9. The second-order valence-corrected chi connectivity index (χ2v) is 5.26. The molecule has 0 aliphatic carbocycles. The summed E-state index contributed by atoms with van der Waals surface area (Å²) in [6.45, 7) is 4.34. The van der Waals surface area contributed by atoms with Crippen LogP contribution >= 0.6 is 12.2 Å². The lowest BCUT2D eigenvalue weighted by Gasteiger charge is -2.09. The third-order valence-electron chi connectivity index (χ3n) is 2.89. The zero-order valence-electron chi connectivity index (χ0n) is 12.1. The van der Waals surface area contributed by atoms with Crippen molar-refractivity contribution in [1.82, 2.24) is 10.4 Å². The van der Waals surface area contributed by atoms with Gasteiger partial charge in [-0.25, -0.2) is 0 Å². The Balaban J connectivity index is 1.85. The van der Waals surface area contributed by atoms with E-state index in [1.807, 2.05) is 30.3 Å². The first-order valence-corrected chi connectivity index (χ1v) is 7.17. The second kappa shape index (κ2) is 7.50. The molecule has 0 spiro atoms. The van der Waals surface area contributed by atoms with E-state index in [2.05, 4.69) is 46.8 Å². The highest BCUT2D eigenvalue weighted by molar-refractivity contribution is 7.80. The van der Waals surface area contributed by atoms with Gasteiger partial charge in [-0.1, -0.05) is 32.0 Å². The first kappa shape index (κ1) is 15.1. The first-order valence-electron chi connectivity index (χ1n) is 6.76. The van der Waals surface area contributed by atoms with Crippen molar-refractivity contribution in [2.75, 3.05) is 5.32 Å². The van der Waals surface area contributed by atoms with Gasteiger partial charge in [-0.05, 0) is 48.0 Å². The molecule has 2 N–H and O–H groups in total. The summed E-state index contributed by atoms with van der Waals surface area (Å²) in [6, 6.07) is 13.8. The van der Waals surface area contributed by atoms with Crippen LogP contribution in [0.1, 0.15) is 31.0 Å². The van der Waals surface area contributed by atoms with E-state index in [-0.39, 0.29) is 0 Å². The highest BCUT2D eigenvalue weighted by atomic mass is 32.1. The number of pyridine rings is 1. The summed E-state index contributed by atoms with van der Waals surface area (Å²) < 4.78 is 0. The summed E-state index contributed by atoms with van der Waals surface area (Å²) in [7, 11) is 0. The van der Waals surface area contributed by atoms with Crippen LogP contribution < -0.4 is 10.7 Å². The van der Waals surface area contributed by atoms with Crippen LogP contribution in [0.15, 0.2) is 53.8 Å². The van der Waals surface area contributed by atoms with Gasteiger partial charge in [-0.15, -0.1) is 0 Å².